The molecule has 0 aromatic heterocycles. The number of carboxylic acids is 1. The van der Waals surface area contributed by atoms with E-state index in [4.69, 9.17) is 14.6 Å². The van der Waals surface area contributed by atoms with Crippen LogP contribution in [0.2, 0.25) is 0 Å². The van der Waals surface area contributed by atoms with E-state index in [1.165, 1.54) is 25.3 Å². The fraction of sp³-hybridized carbons (Fsp3) is 0.188. The van der Waals surface area contributed by atoms with Gasteiger partial charge in [0.2, 0.25) is 0 Å². The van der Waals surface area contributed by atoms with Gasteiger partial charge in [-0.05, 0) is 36.8 Å². The number of allylic oxidation sites excluding steroid dienone is 1. The monoisotopic (exact) mass is 292 g/mol. The van der Waals surface area contributed by atoms with Crippen molar-refractivity contribution in [3.63, 3.8) is 0 Å². The number of aliphatic carboxylic acids is 1. The van der Waals surface area contributed by atoms with E-state index in [-0.39, 0.29) is 23.8 Å². The number of ether oxygens (including phenoxy) is 2. The van der Waals surface area contributed by atoms with Gasteiger partial charge in [0.15, 0.2) is 11.5 Å². The Morgan fingerprint density at radius 1 is 1.33 bits per heavy atom. The van der Waals surface area contributed by atoms with E-state index in [2.05, 4.69) is 6.58 Å². The minimum Gasteiger partial charge on any atom is -0.493 e. The summed E-state index contributed by atoms with van der Waals surface area (Å²) >= 11 is 0. The highest BCUT2D eigenvalue weighted by molar-refractivity contribution is 5.89. The molecule has 1 N–H and O–H groups in total. The average molecular weight is 292 g/mol. The van der Waals surface area contributed by atoms with E-state index in [0.717, 1.165) is 5.56 Å². The molecule has 21 heavy (non-hydrogen) atoms. The lowest BCUT2D eigenvalue weighted by Gasteiger charge is -2.13. The molecule has 0 radical (unpaired) electrons. The minimum atomic E-state index is -1.14. The number of methoxy groups -OCH3 is 1. The molecule has 0 amide bonds. The van der Waals surface area contributed by atoms with Gasteiger partial charge in [-0.1, -0.05) is 18.7 Å². The summed E-state index contributed by atoms with van der Waals surface area (Å²) in [4.78, 5) is 10.8. The summed E-state index contributed by atoms with van der Waals surface area (Å²) in [7, 11) is 1.41. The van der Waals surface area contributed by atoms with Gasteiger partial charge in [0.25, 0.3) is 0 Å². The first kappa shape index (κ1) is 16.5. The Morgan fingerprint density at radius 2 is 1.95 bits per heavy atom. The summed E-state index contributed by atoms with van der Waals surface area (Å²) in [6, 6.07) is 5.89. The van der Waals surface area contributed by atoms with E-state index in [1.807, 2.05) is 0 Å². The van der Waals surface area contributed by atoms with E-state index in [9.17, 15) is 9.18 Å². The van der Waals surface area contributed by atoms with Gasteiger partial charge in [0.1, 0.15) is 12.4 Å². The van der Waals surface area contributed by atoms with Gasteiger partial charge >= 0.3 is 5.97 Å². The highest BCUT2D eigenvalue weighted by atomic mass is 19.1. The van der Waals surface area contributed by atoms with Crippen LogP contribution in [0.15, 0.2) is 60.1 Å². The zero-order chi connectivity index (χ0) is 15.8. The predicted octanol–water partition coefficient (Wildman–Crippen LogP) is 3.42. The van der Waals surface area contributed by atoms with Crippen LogP contribution in [-0.4, -0.2) is 18.2 Å². The molecule has 4 nitrogen and oxygen atoms in total. The van der Waals surface area contributed by atoms with Crippen molar-refractivity contribution in [3.8, 4) is 0 Å². The fourth-order valence-corrected chi connectivity index (χ4v) is 1.49. The number of benzene rings is 1. The molecule has 0 bridgehead atoms. The van der Waals surface area contributed by atoms with Crippen LogP contribution in [0.4, 0.5) is 4.39 Å². The molecule has 0 atom stereocenters. The number of carboxylic acid groups (broad SMARTS) is 1. The second kappa shape index (κ2) is 7.89. The summed E-state index contributed by atoms with van der Waals surface area (Å²) in [5, 5.41) is 8.82. The van der Waals surface area contributed by atoms with Crippen LogP contribution in [0, 0.1) is 5.82 Å². The molecule has 0 unspecified atom stereocenters. The molecule has 0 heterocycles. The van der Waals surface area contributed by atoms with Crippen molar-refractivity contribution in [2.45, 2.75) is 13.5 Å². The summed E-state index contributed by atoms with van der Waals surface area (Å²) < 4.78 is 23.5. The third kappa shape index (κ3) is 5.14. The van der Waals surface area contributed by atoms with Crippen LogP contribution in [0.3, 0.4) is 0 Å². The maximum absolute atomic E-state index is 12.8. The summed E-state index contributed by atoms with van der Waals surface area (Å²) in [6.07, 6.45) is 2.93. The molecule has 0 saturated heterocycles. The number of hydrogen-bond donors (Lipinski definition) is 1. The number of rotatable bonds is 7. The molecule has 0 aliphatic carbocycles. The topological polar surface area (TPSA) is 55.8 Å². The first-order valence-electron chi connectivity index (χ1n) is 6.19. The quantitative estimate of drug-likeness (QED) is 0.475. The van der Waals surface area contributed by atoms with Gasteiger partial charge < -0.3 is 14.6 Å². The fourth-order valence-electron chi connectivity index (χ4n) is 1.49. The van der Waals surface area contributed by atoms with Crippen molar-refractivity contribution < 1.29 is 23.8 Å². The van der Waals surface area contributed by atoms with Crippen LogP contribution in [0.5, 0.6) is 0 Å². The number of carbonyl (C=O) groups is 1. The molecule has 1 rings (SSSR count). The largest absolute Gasteiger partial charge is 0.493 e. The summed E-state index contributed by atoms with van der Waals surface area (Å²) in [5.74, 6) is -0.824. The molecule has 0 aliphatic heterocycles. The van der Waals surface area contributed by atoms with Crippen molar-refractivity contribution in [1.82, 2.24) is 0 Å². The highest BCUT2D eigenvalue weighted by Crippen LogP contribution is 2.17. The first-order valence-corrected chi connectivity index (χ1v) is 6.19. The molecular weight excluding hydrogens is 275 g/mol. The van der Waals surface area contributed by atoms with Crippen molar-refractivity contribution in [2.24, 2.45) is 0 Å². The Bertz CT molecular complexity index is 570. The smallest absolute Gasteiger partial charge is 0.335 e. The molecular formula is C16H17FO4. The summed E-state index contributed by atoms with van der Waals surface area (Å²) in [5.41, 5.74) is 0.667. The van der Waals surface area contributed by atoms with Gasteiger partial charge in [-0.25, -0.2) is 9.18 Å². The van der Waals surface area contributed by atoms with Crippen LogP contribution in [0.25, 0.3) is 0 Å². The lowest BCUT2D eigenvalue weighted by Crippen LogP contribution is -2.03. The highest BCUT2D eigenvalue weighted by Gasteiger charge is 2.10. The lowest BCUT2D eigenvalue weighted by atomic mass is 10.2. The zero-order valence-electron chi connectivity index (χ0n) is 11.9. The predicted molar refractivity (Wildman–Crippen MR) is 76.8 cm³/mol. The molecule has 0 saturated carbocycles. The average Bonchev–Trinajstić information content (AvgIpc) is 2.47. The Balaban J connectivity index is 2.79. The third-order valence-corrected chi connectivity index (χ3v) is 2.61. The number of halogens is 1. The van der Waals surface area contributed by atoms with Crippen molar-refractivity contribution >= 4 is 5.97 Å². The maximum atomic E-state index is 12.8. The molecule has 5 heteroatoms. The maximum Gasteiger partial charge on any atom is 0.335 e. The molecule has 0 spiro atoms. The normalized spacial score (nSPS) is 12.0. The second-order valence-corrected chi connectivity index (χ2v) is 4.11. The van der Waals surface area contributed by atoms with Crippen molar-refractivity contribution in [1.29, 1.82) is 0 Å². The third-order valence-electron chi connectivity index (χ3n) is 2.61. The van der Waals surface area contributed by atoms with Gasteiger partial charge in [-0.3, -0.25) is 0 Å². The van der Waals surface area contributed by atoms with Gasteiger partial charge in [-0.2, -0.15) is 0 Å². The second-order valence-electron chi connectivity index (χ2n) is 4.11. The first-order chi connectivity index (χ1) is 9.97. The minimum absolute atomic E-state index is 0.114. The SMILES string of the molecule is C=C(/C=C(OC)\C(=C/C)OCc1ccc(F)cc1)C(=O)O. The lowest BCUT2D eigenvalue weighted by molar-refractivity contribution is -0.132. The van der Waals surface area contributed by atoms with Gasteiger partial charge in [0, 0.05) is 0 Å². The van der Waals surface area contributed by atoms with Crippen LogP contribution in [0.1, 0.15) is 12.5 Å². The Kier molecular flexibility index (Phi) is 6.20. The van der Waals surface area contributed by atoms with Crippen LogP contribution in [-0.2, 0) is 20.9 Å². The zero-order valence-corrected chi connectivity index (χ0v) is 11.9. The molecule has 1 aromatic carbocycles. The Morgan fingerprint density at radius 3 is 2.43 bits per heavy atom. The van der Waals surface area contributed by atoms with Gasteiger partial charge in [-0.15, -0.1) is 0 Å². The standard InChI is InChI=1S/C16H17FO4/c1-4-14(15(20-3)9-11(2)16(18)19)21-10-12-5-7-13(17)8-6-12/h4-9H,2,10H2,1,3H3,(H,18,19)/b14-4+,15-9+. The summed E-state index contributed by atoms with van der Waals surface area (Å²) in [6.45, 7) is 5.35. The van der Waals surface area contributed by atoms with Crippen LogP contribution >= 0.6 is 0 Å². The van der Waals surface area contributed by atoms with Gasteiger partial charge in [0.05, 0.1) is 12.7 Å². The van der Waals surface area contributed by atoms with E-state index >= 15 is 0 Å². The molecule has 0 fully saturated rings. The molecule has 0 aliphatic rings. The van der Waals surface area contributed by atoms with E-state index < -0.39 is 5.97 Å². The number of hydrogen-bond acceptors (Lipinski definition) is 3. The van der Waals surface area contributed by atoms with Crippen molar-refractivity contribution in [3.05, 3.63) is 71.5 Å². The van der Waals surface area contributed by atoms with Crippen molar-refractivity contribution in [2.75, 3.05) is 7.11 Å². The van der Waals surface area contributed by atoms with E-state index in [1.54, 1.807) is 25.1 Å². The Hall–Kier alpha value is -2.56. The molecule has 1 aromatic rings. The van der Waals surface area contributed by atoms with E-state index in [0.29, 0.717) is 5.76 Å². The van der Waals surface area contributed by atoms with Crippen LogP contribution < -0.4 is 0 Å². The molecule has 112 valence electrons. The Labute approximate surface area is 122 Å².